The molecule has 1 aliphatic rings. The highest BCUT2D eigenvalue weighted by atomic mass is 35.5. The number of ether oxygens (including phenoxy) is 2. The van der Waals surface area contributed by atoms with Gasteiger partial charge in [-0.05, 0) is 35.2 Å². The highest BCUT2D eigenvalue weighted by Crippen LogP contribution is 2.29. The predicted molar refractivity (Wildman–Crippen MR) is 88.9 cm³/mol. The Morgan fingerprint density at radius 2 is 2.09 bits per heavy atom. The standard InChI is InChI=1S/C16H10Cl2O4S/c17-13-2-1-9(5-14(13)18)12-6-11(22-16(12)20)7-21-15(19)10-3-4-23-8-10/h1-6,8,11H,7H2. The lowest BCUT2D eigenvalue weighted by molar-refractivity contribution is -0.139. The zero-order valence-corrected chi connectivity index (χ0v) is 14.0. The molecule has 0 saturated carbocycles. The van der Waals surface area contributed by atoms with Crippen molar-refractivity contribution in [1.29, 1.82) is 0 Å². The number of benzene rings is 1. The van der Waals surface area contributed by atoms with Gasteiger partial charge in [-0.3, -0.25) is 0 Å². The van der Waals surface area contributed by atoms with Crippen LogP contribution in [0, 0.1) is 0 Å². The Morgan fingerprint density at radius 3 is 2.78 bits per heavy atom. The van der Waals surface area contributed by atoms with E-state index in [-0.39, 0.29) is 6.61 Å². The first-order valence-corrected chi connectivity index (χ1v) is 8.32. The fraction of sp³-hybridized carbons (Fsp3) is 0.125. The molecular weight excluding hydrogens is 359 g/mol. The van der Waals surface area contributed by atoms with Crippen LogP contribution in [0.5, 0.6) is 0 Å². The summed E-state index contributed by atoms with van der Waals surface area (Å²) in [4.78, 5) is 23.7. The van der Waals surface area contributed by atoms with Crippen LogP contribution < -0.4 is 0 Å². The van der Waals surface area contributed by atoms with Gasteiger partial charge in [-0.2, -0.15) is 11.3 Å². The molecule has 1 aliphatic heterocycles. The quantitative estimate of drug-likeness (QED) is 0.758. The Kier molecular flexibility index (Phi) is 4.71. The summed E-state index contributed by atoms with van der Waals surface area (Å²) in [5.74, 6) is -0.932. The number of hydrogen-bond donors (Lipinski definition) is 0. The monoisotopic (exact) mass is 368 g/mol. The number of hydrogen-bond acceptors (Lipinski definition) is 5. The number of carbonyl (C=O) groups excluding carboxylic acids is 2. The van der Waals surface area contributed by atoms with Crippen LogP contribution in [0.1, 0.15) is 15.9 Å². The van der Waals surface area contributed by atoms with Gasteiger partial charge >= 0.3 is 11.9 Å². The predicted octanol–water partition coefficient (Wildman–Crippen LogP) is 4.22. The number of halogens is 2. The molecule has 0 bridgehead atoms. The molecule has 23 heavy (non-hydrogen) atoms. The average Bonchev–Trinajstić information content (AvgIpc) is 3.17. The molecule has 0 N–H and O–H groups in total. The molecule has 0 aliphatic carbocycles. The van der Waals surface area contributed by atoms with Crippen molar-refractivity contribution in [3.63, 3.8) is 0 Å². The second-order valence-electron chi connectivity index (χ2n) is 4.76. The zero-order valence-electron chi connectivity index (χ0n) is 11.6. The van der Waals surface area contributed by atoms with Crippen molar-refractivity contribution < 1.29 is 19.1 Å². The van der Waals surface area contributed by atoms with Gasteiger partial charge in [-0.25, -0.2) is 9.59 Å². The van der Waals surface area contributed by atoms with E-state index in [2.05, 4.69) is 0 Å². The number of thiophene rings is 1. The second-order valence-corrected chi connectivity index (χ2v) is 6.36. The highest BCUT2D eigenvalue weighted by Gasteiger charge is 2.28. The number of cyclic esters (lactones) is 1. The van der Waals surface area contributed by atoms with Gasteiger partial charge in [0.2, 0.25) is 0 Å². The van der Waals surface area contributed by atoms with E-state index in [9.17, 15) is 9.59 Å². The zero-order chi connectivity index (χ0) is 16.4. The van der Waals surface area contributed by atoms with E-state index in [1.807, 2.05) is 0 Å². The molecule has 0 fully saturated rings. The molecule has 1 aromatic heterocycles. The van der Waals surface area contributed by atoms with E-state index in [4.69, 9.17) is 32.7 Å². The van der Waals surface area contributed by atoms with Crippen LogP contribution in [0.2, 0.25) is 10.0 Å². The van der Waals surface area contributed by atoms with E-state index in [0.717, 1.165) is 0 Å². The molecule has 3 rings (SSSR count). The van der Waals surface area contributed by atoms with E-state index < -0.39 is 18.0 Å². The summed E-state index contributed by atoms with van der Waals surface area (Å²) in [7, 11) is 0. The van der Waals surface area contributed by atoms with Crippen molar-refractivity contribution in [2.75, 3.05) is 6.61 Å². The fourth-order valence-electron chi connectivity index (χ4n) is 2.07. The molecule has 0 amide bonds. The third-order valence-electron chi connectivity index (χ3n) is 3.20. The van der Waals surface area contributed by atoms with Crippen molar-refractivity contribution >= 4 is 52.1 Å². The Balaban J connectivity index is 1.69. The number of carbonyl (C=O) groups is 2. The van der Waals surface area contributed by atoms with Crippen LogP contribution in [-0.4, -0.2) is 24.6 Å². The third-order valence-corrected chi connectivity index (χ3v) is 4.62. The maximum absolute atomic E-state index is 11.9. The molecule has 7 heteroatoms. The molecule has 4 nitrogen and oxygen atoms in total. The van der Waals surface area contributed by atoms with Crippen LogP contribution in [0.25, 0.3) is 5.57 Å². The topological polar surface area (TPSA) is 52.6 Å². The molecule has 1 aromatic carbocycles. The maximum atomic E-state index is 11.9. The van der Waals surface area contributed by atoms with Crippen LogP contribution in [0.15, 0.2) is 41.1 Å². The Bertz CT molecular complexity index is 783. The van der Waals surface area contributed by atoms with Gasteiger partial charge in [-0.15, -0.1) is 0 Å². The summed E-state index contributed by atoms with van der Waals surface area (Å²) in [6.07, 6.45) is 0.998. The Morgan fingerprint density at radius 1 is 1.26 bits per heavy atom. The molecular formula is C16H10Cl2O4S. The third kappa shape index (κ3) is 3.58. The van der Waals surface area contributed by atoms with Gasteiger partial charge in [0.05, 0.1) is 21.2 Å². The van der Waals surface area contributed by atoms with E-state index >= 15 is 0 Å². The van der Waals surface area contributed by atoms with Crippen LogP contribution in [0.4, 0.5) is 0 Å². The summed E-state index contributed by atoms with van der Waals surface area (Å²) in [5, 5.41) is 4.24. The second kappa shape index (κ2) is 6.74. The SMILES string of the molecule is O=C1OC(COC(=O)c2ccsc2)C=C1c1ccc(Cl)c(Cl)c1. The van der Waals surface area contributed by atoms with Crippen molar-refractivity contribution in [3.8, 4) is 0 Å². The number of esters is 2. The van der Waals surface area contributed by atoms with Gasteiger partial charge in [0.1, 0.15) is 6.61 Å². The fourth-order valence-corrected chi connectivity index (χ4v) is 2.99. The van der Waals surface area contributed by atoms with Crippen LogP contribution in [0.3, 0.4) is 0 Å². The summed E-state index contributed by atoms with van der Waals surface area (Å²) in [6.45, 7) is -0.0365. The van der Waals surface area contributed by atoms with E-state index in [1.165, 1.54) is 11.3 Å². The maximum Gasteiger partial charge on any atom is 0.339 e. The van der Waals surface area contributed by atoms with Crippen molar-refractivity contribution in [1.82, 2.24) is 0 Å². The molecule has 2 heterocycles. The molecule has 1 unspecified atom stereocenters. The molecule has 0 spiro atoms. The number of rotatable bonds is 4. The summed E-state index contributed by atoms with van der Waals surface area (Å²) in [5.41, 5.74) is 1.46. The smallest absolute Gasteiger partial charge is 0.339 e. The summed E-state index contributed by atoms with van der Waals surface area (Å²) < 4.78 is 10.3. The molecule has 1 atom stereocenters. The normalized spacial score (nSPS) is 16.9. The van der Waals surface area contributed by atoms with Crippen molar-refractivity contribution in [2.24, 2.45) is 0 Å². The summed E-state index contributed by atoms with van der Waals surface area (Å²) >= 11 is 13.2. The van der Waals surface area contributed by atoms with Gasteiger partial charge < -0.3 is 9.47 Å². The lowest BCUT2D eigenvalue weighted by Gasteiger charge is -2.08. The van der Waals surface area contributed by atoms with Gasteiger partial charge in [-0.1, -0.05) is 29.3 Å². The van der Waals surface area contributed by atoms with E-state index in [0.29, 0.717) is 26.7 Å². The molecule has 0 saturated heterocycles. The Labute approximate surface area is 146 Å². The van der Waals surface area contributed by atoms with E-state index in [1.54, 1.807) is 41.1 Å². The average molecular weight is 369 g/mol. The summed E-state index contributed by atoms with van der Waals surface area (Å²) in [6, 6.07) is 6.56. The van der Waals surface area contributed by atoms with Crippen LogP contribution in [-0.2, 0) is 14.3 Å². The first-order valence-electron chi connectivity index (χ1n) is 6.62. The molecule has 2 aromatic rings. The first-order chi connectivity index (χ1) is 11.0. The minimum Gasteiger partial charge on any atom is -0.458 e. The van der Waals surface area contributed by atoms with Crippen molar-refractivity contribution in [3.05, 3.63) is 62.3 Å². The molecule has 0 radical (unpaired) electrons. The lowest BCUT2D eigenvalue weighted by Crippen LogP contribution is -2.18. The van der Waals surface area contributed by atoms with Crippen molar-refractivity contribution in [2.45, 2.75) is 6.10 Å². The largest absolute Gasteiger partial charge is 0.458 e. The first kappa shape index (κ1) is 16.1. The lowest BCUT2D eigenvalue weighted by atomic mass is 10.1. The Hall–Kier alpha value is -1.82. The molecule has 118 valence electrons. The minimum atomic E-state index is -0.616. The van der Waals surface area contributed by atoms with Crippen LogP contribution >= 0.6 is 34.5 Å². The van der Waals surface area contributed by atoms with Gasteiger partial charge in [0.25, 0.3) is 0 Å². The van der Waals surface area contributed by atoms with Gasteiger partial charge in [0.15, 0.2) is 6.10 Å². The highest BCUT2D eigenvalue weighted by molar-refractivity contribution is 7.08. The minimum absolute atomic E-state index is 0.0365. The van der Waals surface area contributed by atoms with Gasteiger partial charge in [0, 0.05) is 5.38 Å².